The fourth-order valence-electron chi connectivity index (χ4n) is 2.03. The molecule has 0 saturated heterocycles. The predicted molar refractivity (Wildman–Crippen MR) is 116 cm³/mol. The fraction of sp³-hybridized carbons (Fsp3) is 0.647. The van der Waals surface area contributed by atoms with Gasteiger partial charge in [0.05, 0.1) is 5.01 Å². The summed E-state index contributed by atoms with van der Waals surface area (Å²) in [6, 6.07) is 0. The van der Waals surface area contributed by atoms with Gasteiger partial charge in [-0.05, 0) is 13.3 Å². The Morgan fingerprint density at radius 2 is 2.04 bits per heavy atom. The van der Waals surface area contributed by atoms with Gasteiger partial charge < -0.3 is 15.2 Å². The van der Waals surface area contributed by atoms with E-state index in [1.807, 2.05) is 33.9 Å². The second-order valence-electron chi connectivity index (χ2n) is 6.71. The van der Waals surface area contributed by atoms with Gasteiger partial charge in [-0.3, -0.25) is 0 Å². The lowest BCUT2D eigenvalue weighted by Crippen LogP contribution is -2.38. The summed E-state index contributed by atoms with van der Waals surface area (Å²) < 4.78 is 5.30. The van der Waals surface area contributed by atoms with Gasteiger partial charge in [-0.15, -0.1) is 35.3 Å². The Labute approximate surface area is 176 Å². The van der Waals surface area contributed by atoms with Crippen LogP contribution in [0.25, 0.3) is 0 Å². The number of rotatable bonds is 7. The van der Waals surface area contributed by atoms with Crippen LogP contribution in [0.1, 0.15) is 56.2 Å². The van der Waals surface area contributed by atoms with Crippen LogP contribution in [0.3, 0.4) is 0 Å². The summed E-state index contributed by atoms with van der Waals surface area (Å²) in [6.45, 7) is 12.3. The van der Waals surface area contributed by atoms with Crippen molar-refractivity contribution in [1.82, 2.24) is 25.8 Å². The van der Waals surface area contributed by atoms with Crippen LogP contribution >= 0.6 is 35.3 Å². The number of halogens is 1. The SMILES string of the molecule is CCNC(=NCc1noc(C(C)(C)C)n1)NCCc1ncc(CC)s1.I. The zero-order valence-electron chi connectivity index (χ0n) is 16.1. The molecule has 0 bridgehead atoms. The van der Waals surface area contributed by atoms with E-state index in [2.05, 4.69) is 37.7 Å². The molecule has 9 heteroatoms. The molecule has 0 radical (unpaired) electrons. The van der Waals surface area contributed by atoms with Crippen LogP contribution in [-0.4, -0.2) is 34.2 Å². The highest BCUT2D eigenvalue weighted by molar-refractivity contribution is 14.0. The zero-order valence-corrected chi connectivity index (χ0v) is 19.3. The number of guanidine groups is 1. The molecule has 7 nitrogen and oxygen atoms in total. The van der Waals surface area contributed by atoms with Gasteiger partial charge in [0.25, 0.3) is 0 Å². The molecule has 2 aromatic rings. The number of hydrogen-bond acceptors (Lipinski definition) is 6. The zero-order chi connectivity index (χ0) is 18.3. The first-order valence-electron chi connectivity index (χ1n) is 8.71. The molecule has 0 fully saturated rings. The molecule has 2 heterocycles. The number of nitrogens with one attached hydrogen (secondary N) is 2. The third-order valence-electron chi connectivity index (χ3n) is 3.41. The van der Waals surface area contributed by atoms with Gasteiger partial charge in [-0.25, -0.2) is 9.98 Å². The molecule has 0 aliphatic carbocycles. The average Bonchev–Trinajstić information content (AvgIpc) is 3.21. The second kappa shape index (κ2) is 10.8. The van der Waals surface area contributed by atoms with Crippen LogP contribution in [-0.2, 0) is 24.8 Å². The summed E-state index contributed by atoms with van der Waals surface area (Å²) in [7, 11) is 0. The molecule has 2 N–H and O–H groups in total. The van der Waals surface area contributed by atoms with Crippen molar-refractivity contribution in [2.24, 2.45) is 4.99 Å². The summed E-state index contributed by atoms with van der Waals surface area (Å²) in [4.78, 5) is 14.7. The first-order valence-corrected chi connectivity index (χ1v) is 9.52. The van der Waals surface area contributed by atoms with Gasteiger partial charge in [0.2, 0.25) is 5.89 Å². The lowest BCUT2D eigenvalue weighted by atomic mass is 9.97. The third kappa shape index (κ3) is 7.18. The molecule has 0 atom stereocenters. The summed E-state index contributed by atoms with van der Waals surface area (Å²) in [5, 5.41) is 11.7. The van der Waals surface area contributed by atoms with Crippen molar-refractivity contribution >= 4 is 41.3 Å². The minimum Gasteiger partial charge on any atom is -0.357 e. The van der Waals surface area contributed by atoms with E-state index < -0.39 is 0 Å². The van der Waals surface area contributed by atoms with Crippen LogP contribution in [0, 0.1) is 0 Å². The maximum Gasteiger partial charge on any atom is 0.232 e. The topological polar surface area (TPSA) is 88.2 Å². The molecule has 0 aliphatic rings. The van der Waals surface area contributed by atoms with Crippen LogP contribution in [0.4, 0.5) is 0 Å². The average molecular weight is 492 g/mol. The Balaban J connectivity index is 0.00000338. The van der Waals surface area contributed by atoms with Gasteiger partial charge in [-0.2, -0.15) is 4.98 Å². The molecular formula is C17H29IN6OS. The van der Waals surface area contributed by atoms with E-state index in [1.54, 1.807) is 11.3 Å². The van der Waals surface area contributed by atoms with Crippen molar-refractivity contribution in [3.05, 3.63) is 27.8 Å². The quantitative estimate of drug-likeness (QED) is 0.351. The number of aromatic nitrogens is 3. The molecule has 146 valence electrons. The van der Waals surface area contributed by atoms with Crippen LogP contribution in [0.2, 0.25) is 0 Å². The monoisotopic (exact) mass is 492 g/mol. The highest BCUT2D eigenvalue weighted by atomic mass is 127. The van der Waals surface area contributed by atoms with E-state index in [4.69, 9.17) is 4.52 Å². The van der Waals surface area contributed by atoms with Gasteiger partial charge >= 0.3 is 0 Å². The number of hydrogen-bond donors (Lipinski definition) is 2. The number of aryl methyl sites for hydroxylation is 1. The Bertz CT molecular complexity index is 691. The van der Waals surface area contributed by atoms with Crippen LogP contribution in [0.15, 0.2) is 15.7 Å². The summed E-state index contributed by atoms with van der Waals surface area (Å²) >= 11 is 1.77. The molecule has 0 saturated carbocycles. The first-order chi connectivity index (χ1) is 11.9. The molecule has 26 heavy (non-hydrogen) atoms. The van der Waals surface area contributed by atoms with E-state index in [0.29, 0.717) is 18.3 Å². The highest BCUT2D eigenvalue weighted by Gasteiger charge is 2.21. The third-order valence-corrected chi connectivity index (χ3v) is 4.62. The molecule has 0 unspecified atom stereocenters. The van der Waals surface area contributed by atoms with Crippen LogP contribution in [0.5, 0.6) is 0 Å². The van der Waals surface area contributed by atoms with Crippen molar-refractivity contribution in [1.29, 1.82) is 0 Å². The van der Waals surface area contributed by atoms with E-state index >= 15 is 0 Å². The van der Waals surface area contributed by atoms with Gasteiger partial charge in [-0.1, -0.05) is 32.9 Å². The molecule has 2 aromatic heterocycles. The van der Waals surface area contributed by atoms with E-state index in [-0.39, 0.29) is 29.4 Å². The number of nitrogens with zero attached hydrogens (tertiary/aromatic N) is 4. The Kier molecular flexibility index (Phi) is 9.48. The standard InChI is InChI=1S/C17H28N6OS.HI/c1-6-12-10-20-14(25-12)8-9-19-16(18-7-2)21-11-13-22-15(24-23-13)17(3,4)5;/h10H,6-9,11H2,1-5H3,(H2,18,19,21);1H. The van der Waals surface area contributed by atoms with Crippen molar-refractivity contribution < 1.29 is 4.52 Å². The van der Waals surface area contributed by atoms with Gasteiger partial charge in [0, 0.05) is 36.0 Å². The van der Waals surface area contributed by atoms with Crippen molar-refractivity contribution in [3.63, 3.8) is 0 Å². The summed E-state index contributed by atoms with van der Waals surface area (Å²) in [5.41, 5.74) is -0.150. The van der Waals surface area contributed by atoms with Gasteiger partial charge in [0.15, 0.2) is 11.8 Å². The summed E-state index contributed by atoms with van der Waals surface area (Å²) in [6.07, 6.45) is 3.88. The highest BCUT2D eigenvalue weighted by Crippen LogP contribution is 2.19. The number of aliphatic imine (C=N–C) groups is 1. The van der Waals surface area contributed by atoms with Crippen molar-refractivity contribution in [2.75, 3.05) is 13.1 Å². The largest absolute Gasteiger partial charge is 0.357 e. The Morgan fingerprint density at radius 1 is 1.27 bits per heavy atom. The first kappa shape index (κ1) is 22.8. The van der Waals surface area contributed by atoms with Crippen molar-refractivity contribution in [3.8, 4) is 0 Å². The minimum atomic E-state index is -0.150. The Hall–Kier alpha value is -1.23. The normalized spacial score (nSPS) is 12.0. The maximum atomic E-state index is 5.30. The molecule has 0 aromatic carbocycles. The molecule has 0 spiro atoms. The van der Waals surface area contributed by atoms with E-state index in [0.717, 1.165) is 36.9 Å². The van der Waals surface area contributed by atoms with E-state index in [1.165, 1.54) is 4.88 Å². The maximum absolute atomic E-state index is 5.30. The lowest BCUT2D eigenvalue weighted by Gasteiger charge is -2.10. The molecular weight excluding hydrogens is 463 g/mol. The molecule has 0 amide bonds. The molecule has 2 rings (SSSR count). The van der Waals surface area contributed by atoms with Crippen LogP contribution < -0.4 is 10.6 Å². The van der Waals surface area contributed by atoms with Gasteiger partial charge in [0.1, 0.15) is 6.54 Å². The van der Waals surface area contributed by atoms with Crippen molar-refractivity contribution in [2.45, 2.75) is 59.4 Å². The second-order valence-corrected chi connectivity index (χ2v) is 7.91. The Morgan fingerprint density at radius 3 is 2.62 bits per heavy atom. The lowest BCUT2D eigenvalue weighted by molar-refractivity contribution is 0.318. The minimum absolute atomic E-state index is 0. The molecule has 0 aliphatic heterocycles. The number of thiazole rings is 1. The fourth-order valence-corrected chi connectivity index (χ4v) is 2.89. The predicted octanol–water partition coefficient (Wildman–Crippen LogP) is 3.30. The summed E-state index contributed by atoms with van der Waals surface area (Å²) in [5.74, 6) is 1.97. The smallest absolute Gasteiger partial charge is 0.232 e. The van der Waals surface area contributed by atoms with E-state index in [9.17, 15) is 0 Å².